The maximum atomic E-state index is 13.4. The van der Waals surface area contributed by atoms with Crippen LogP contribution in [0.2, 0.25) is 0 Å². The second-order valence-electron chi connectivity index (χ2n) is 7.43. The third-order valence-corrected chi connectivity index (χ3v) is 6.12. The minimum absolute atomic E-state index is 0.0529. The number of halogens is 1. The fraction of sp³-hybridized carbons (Fsp3) is 0.174. The zero-order valence-electron chi connectivity index (χ0n) is 17.8. The number of ether oxygens (including phenoxy) is 2. The van der Waals surface area contributed by atoms with E-state index in [4.69, 9.17) is 27.4 Å². The number of H-pyrrole nitrogens is 1. The third kappa shape index (κ3) is 4.44. The summed E-state index contributed by atoms with van der Waals surface area (Å²) in [7, 11) is 1.45. The van der Waals surface area contributed by atoms with E-state index in [1.165, 1.54) is 7.11 Å². The average Bonchev–Trinajstić information content (AvgIpc) is 2.78. The number of nitrogens with one attached hydrogen (secondary N) is 2. The molecule has 170 valence electrons. The van der Waals surface area contributed by atoms with Gasteiger partial charge in [-0.1, -0.05) is 30.3 Å². The van der Waals surface area contributed by atoms with Gasteiger partial charge in [0.2, 0.25) is 0 Å². The molecule has 1 unspecified atom stereocenters. The van der Waals surface area contributed by atoms with Crippen LogP contribution >= 0.6 is 28.1 Å². The Hall–Kier alpha value is -3.37. The molecule has 33 heavy (non-hydrogen) atoms. The quantitative estimate of drug-likeness (QED) is 0.275. The van der Waals surface area contributed by atoms with Crippen LogP contribution in [-0.2, 0) is 16.1 Å². The predicted molar refractivity (Wildman–Crippen MR) is 131 cm³/mol. The van der Waals surface area contributed by atoms with E-state index in [9.17, 15) is 9.90 Å². The van der Waals surface area contributed by atoms with Crippen molar-refractivity contribution in [2.45, 2.75) is 19.4 Å². The predicted octanol–water partition coefficient (Wildman–Crippen LogP) is 4.77. The normalized spacial score (nSPS) is 14.9. The number of anilines is 2. The summed E-state index contributed by atoms with van der Waals surface area (Å²) in [5.74, 6) is -0.264. The van der Waals surface area contributed by atoms with E-state index in [0.29, 0.717) is 32.7 Å². The molecule has 1 aliphatic rings. The summed E-state index contributed by atoms with van der Waals surface area (Å²) in [4.78, 5) is 20.6. The van der Waals surface area contributed by atoms with E-state index < -0.39 is 11.9 Å². The van der Waals surface area contributed by atoms with Crippen LogP contribution in [0.4, 0.5) is 11.6 Å². The van der Waals surface area contributed by atoms with Crippen molar-refractivity contribution in [3.05, 3.63) is 79.7 Å². The zero-order valence-corrected chi connectivity index (χ0v) is 20.2. The Morgan fingerprint density at radius 2 is 2.03 bits per heavy atom. The van der Waals surface area contributed by atoms with Gasteiger partial charge in [0.1, 0.15) is 18.2 Å². The lowest BCUT2D eigenvalue weighted by atomic mass is 9.81. The molecule has 0 fully saturated rings. The van der Waals surface area contributed by atoms with Gasteiger partial charge in [0.15, 0.2) is 16.3 Å². The number of phenols is 1. The summed E-state index contributed by atoms with van der Waals surface area (Å²) in [6, 6.07) is 12.8. The average molecular weight is 529 g/mol. The maximum absolute atomic E-state index is 13.4. The molecule has 0 saturated carbocycles. The fourth-order valence-electron chi connectivity index (χ4n) is 3.81. The Morgan fingerprint density at radius 3 is 2.73 bits per heavy atom. The molecule has 0 saturated heterocycles. The number of nitrogens with zero attached hydrogens (tertiary/aromatic N) is 1. The second kappa shape index (κ2) is 9.24. The van der Waals surface area contributed by atoms with Crippen molar-refractivity contribution < 1.29 is 19.4 Å². The molecule has 0 amide bonds. The van der Waals surface area contributed by atoms with Crippen molar-refractivity contribution in [3.63, 3.8) is 0 Å². The SMILES string of the molecule is COc1cc(C2C(C(=O)OCc3ccccc3)=C(C)Nc3nc(=S)[nH]c(N)c32)cc(Br)c1O. The summed E-state index contributed by atoms with van der Waals surface area (Å²) in [5.41, 5.74) is 9.28. The number of nitrogen functional groups attached to an aromatic ring is 1. The molecule has 1 aromatic heterocycles. The van der Waals surface area contributed by atoms with Crippen molar-refractivity contribution in [1.82, 2.24) is 9.97 Å². The number of phenolic OH excluding ortho intramolecular Hbond substituents is 1. The van der Waals surface area contributed by atoms with E-state index in [1.54, 1.807) is 19.1 Å². The van der Waals surface area contributed by atoms with Crippen LogP contribution in [0.25, 0.3) is 0 Å². The van der Waals surface area contributed by atoms with Crippen LogP contribution in [0.5, 0.6) is 11.5 Å². The summed E-state index contributed by atoms with van der Waals surface area (Å²) < 4.78 is 11.6. The largest absolute Gasteiger partial charge is 0.503 e. The van der Waals surface area contributed by atoms with Gasteiger partial charge in [0.05, 0.1) is 23.1 Å². The molecule has 0 spiro atoms. The molecule has 1 aliphatic heterocycles. The number of benzene rings is 2. The van der Waals surface area contributed by atoms with Gasteiger partial charge in [-0.25, -0.2) is 9.78 Å². The lowest BCUT2D eigenvalue weighted by Gasteiger charge is -2.30. The summed E-state index contributed by atoms with van der Waals surface area (Å²) >= 11 is 8.54. The number of carbonyl (C=O) groups excluding carboxylic acids is 1. The maximum Gasteiger partial charge on any atom is 0.337 e. The number of allylic oxidation sites excluding steroid dienone is 1. The Morgan fingerprint density at radius 1 is 1.30 bits per heavy atom. The van der Waals surface area contributed by atoms with Crippen LogP contribution in [0, 0.1) is 4.77 Å². The number of carbonyl (C=O) groups is 1. The molecule has 1 atom stereocenters. The Bertz CT molecular complexity index is 1320. The first-order chi connectivity index (χ1) is 15.8. The Kier molecular flexibility index (Phi) is 6.39. The third-order valence-electron chi connectivity index (χ3n) is 5.32. The second-order valence-corrected chi connectivity index (χ2v) is 8.67. The van der Waals surface area contributed by atoms with E-state index in [-0.39, 0.29) is 28.7 Å². The molecule has 2 heterocycles. The molecule has 0 bridgehead atoms. The molecule has 0 aliphatic carbocycles. The monoisotopic (exact) mass is 528 g/mol. The van der Waals surface area contributed by atoms with E-state index in [2.05, 4.69) is 31.2 Å². The molecule has 2 aromatic carbocycles. The highest BCUT2D eigenvalue weighted by Gasteiger charge is 2.36. The number of hydrogen-bond donors (Lipinski definition) is 4. The van der Waals surface area contributed by atoms with Gasteiger partial charge in [-0.15, -0.1) is 0 Å². The smallest absolute Gasteiger partial charge is 0.337 e. The van der Waals surface area contributed by atoms with Gasteiger partial charge >= 0.3 is 5.97 Å². The summed E-state index contributed by atoms with van der Waals surface area (Å²) in [5, 5.41) is 13.4. The molecule has 10 heteroatoms. The minimum atomic E-state index is -0.658. The molecule has 3 aromatic rings. The number of methoxy groups -OCH3 is 1. The first-order valence-electron chi connectivity index (χ1n) is 9.95. The van der Waals surface area contributed by atoms with Gasteiger partial charge in [0, 0.05) is 11.3 Å². The van der Waals surface area contributed by atoms with Gasteiger partial charge < -0.3 is 30.6 Å². The lowest BCUT2D eigenvalue weighted by Crippen LogP contribution is -2.26. The first-order valence-corrected chi connectivity index (χ1v) is 11.1. The highest BCUT2D eigenvalue weighted by atomic mass is 79.9. The number of fused-ring (bicyclic) bond motifs is 1. The van der Waals surface area contributed by atoms with E-state index in [1.807, 2.05) is 30.3 Å². The fourth-order valence-corrected chi connectivity index (χ4v) is 4.48. The number of hydrogen-bond acceptors (Lipinski definition) is 8. The van der Waals surface area contributed by atoms with Crippen molar-refractivity contribution in [1.29, 1.82) is 0 Å². The number of rotatable bonds is 5. The van der Waals surface area contributed by atoms with Crippen molar-refractivity contribution in [2.75, 3.05) is 18.2 Å². The number of aromatic nitrogens is 2. The summed E-state index contributed by atoms with van der Waals surface area (Å²) in [6.45, 7) is 1.88. The molecule has 5 N–H and O–H groups in total. The van der Waals surface area contributed by atoms with Gasteiger partial charge in [-0.3, -0.25) is 0 Å². The molecule has 0 radical (unpaired) electrons. The van der Waals surface area contributed by atoms with Crippen LogP contribution in [0.15, 0.2) is 58.2 Å². The van der Waals surface area contributed by atoms with Crippen molar-refractivity contribution in [3.8, 4) is 11.5 Å². The number of esters is 1. The van der Waals surface area contributed by atoms with E-state index in [0.717, 1.165) is 5.56 Å². The van der Waals surface area contributed by atoms with Crippen molar-refractivity contribution in [2.24, 2.45) is 0 Å². The number of aromatic hydroxyl groups is 1. The topological polar surface area (TPSA) is 122 Å². The highest BCUT2D eigenvalue weighted by molar-refractivity contribution is 9.10. The lowest BCUT2D eigenvalue weighted by molar-refractivity contribution is -0.140. The van der Waals surface area contributed by atoms with Crippen LogP contribution in [0.1, 0.15) is 29.5 Å². The first kappa shape index (κ1) is 22.8. The minimum Gasteiger partial charge on any atom is -0.503 e. The molecule has 4 rings (SSSR count). The van der Waals surface area contributed by atoms with Gasteiger partial charge in [-0.05, 0) is 58.3 Å². The Balaban J connectivity index is 1.84. The summed E-state index contributed by atoms with van der Waals surface area (Å²) in [6.07, 6.45) is 0. The standard InChI is InChI=1S/C23H21BrN4O4S/c1-11-16(22(30)32-10-12-6-4-3-5-7-12)17(13-8-14(24)19(29)15(9-13)31-2)18-20(25)27-23(33)28-21(18)26-11/h3-9,17,29H,10H2,1-2H3,(H4,25,26,27,28,33). The highest BCUT2D eigenvalue weighted by Crippen LogP contribution is 2.47. The molecular formula is C23H21BrN4O4S. The van der Waals surface area contributed by atoms with Gasteiger partial charge in [0.25, 0.3) is 0 Å². The molecule has 8 nitrogen and oxygen atoms in total. The number of nitrogens with two attached hydrogens (primary N) is 1. The van der Waals surface area contributed by atoms with Crippen LogP contribution in [-0.4, -0.2) is 28.2 Å². The van der Waals surface area contributed by atoms with Crippen LogP contribution < -0.4 is 15.8 Å². The Labute approximate surface area is 203 Å². The van der Waals surface area contributed by atoms with Crippen molar-refractivity contribution >= 4 is 45.8 Å². The van der Waals surface area contributed by atoms with Gasteiger partial charge in [-0.2, -0.15) is 0 Å². The molecular weight excluding hydrogens is 508 g/mol. The van der Waals surface area contributed by atoms with E-state index >= 15 is 0 Å². The van der Waals surface area contributed by atoms with Crippen LogP contribution in [0.3, 0.4) is 0 Å². The number of aromatic amines is 1. The zero-order chi connectivity index (χ0) is 23.7.